The Kier molecular flexibility index (Phi) is 4.92. The fourth-order valence-corrected chi connectivity index (χ4v) is 4.43. The van der Waals surface area contributed by atoms with E-state index in [1.807, 2.05) is 16.9 Å². The third-order valence-corrected chi connectivity index (χ3v) is 6.50. The average Bonchev–Trinajstić information content (AvgIpc) is 3.07. The molecule has 170 valence electrons. The average molecular weight is 446 g/mol. The van der Waals surface area contributed by atoms with Gasteiger partial charge < -0.3 is 14.7 Å². The normalized spacial score (nSPS) is 24.1. The van der Waals surface area contributed by atoms with Crippen LogP contribution in [-0.2, 0) is 9.53 Å². The Balaban J connectivity index is 1.43. The molecule has 1 saturated heterocycles. The number of carboxylic acid groups (broad SMARTS) is 1. The second kappa shape index (κ2) is 7.54. The first kappa shape index (κ1) is 20.9. The molecule has 1 saturated carbocycles. The molecule has 0 spiro atoms. The van der Waals surface area contributed by atoms with E-state index in [9.17, 15) is 23.5 Å². The van der Waals surface area contributed by atoms with Crippen LogP contribution in [0.3, 0.4) is 0 Å². The first-order valence-electron chi connectivity index (χ1n) is 10.7. The molecule has 10 heteroatoms. The minimum atomic E-state index is -2.66. The molecule has 1 aromatic carbocycles. The van der Waals surface area contributed by atoms with Crippen LogP contribution in [0.4, 0.5) is 25.0 Å². The quantitative estimate of drug-likeness (QED) is 0.755. The van der Waals surface area contributed by atoms with Gasteiger partial charge in [0, 0.05) is 37.1 Å². The van der Waals surface area contributed by atoms with Crippen LogP contribution in [0.25, 0.3) is 11.1 Å². The first-order valence-corrected chi connectivity index (χ1v) is 10.7. The highest BCUT2D eigenvalue weighted by atomic mass is 19.3. The number of alkyl halides is 2. The van der Waals surface area contributed by atoms with Gasteiger partial charge in [-0.3, -0.25) is 14.4 Å². The zero-order chi connectivity index (χ0) is 22.6. The van der Waals surface area contributed by atoms with Gasteiger partial charge in [0.15, 0.2) is 0 Å². The predicted molar refractivity (Wildman–Crippen MR) is 112 cm³/mol. The van der Waals surface area contributed by atoms with Gasteiger partial charge in [0.25, 0.3) is 5.92 Å². The summed E-state index contributed by atoms with van der Waals surface area (Å²) in [5.74, 6) is -3.66. The van der Waals surface area contributed by atoms with Crippen molar-refractivity contribution >= 4 is 23.4 Å². The van der Waals surface area contributed by atoms with Gasteiger partial charge in [-0.2, -0.15) is 5.10 Å². The zero-order valence-corrected chi connectivity index (χ0v) is 17.6. The standard InChI is InChI=1S/C22H24F2N4O4/c1-13-9-26(21(30)31)19-6-14(15-8-25-27(10-15)17-11-32-12-17)2-4-18(19)28(13)20(29)5-3-16-7-22(16,23)24/h2,4,6,8,10,13,16-17H,3,5,7,9,11-12H2,1H3,(H,30,31)/t13-,16?/m0/s1. The van der Waals surface area contributed by atoms with Crippen LogP contribution in [0, 0.1) is 5.92 Å². The number of ether oxygens (including phenoxy) is 1. The van der Waals surface area contributed by atoms with Crippen molar-refractivity contribution in [2.45, 2.75) is 44.2 Å². The molecule has 2 aliphatic heterocycles. The van der Waals surface area contributed by atoms with Crippen LogP contribution in [0.2, 0.25) is 0 Å². The van der Waals surface area contributed by atoms with Crippen LogP contribution in [0.5, 0.6) is 0 Å². The second-order valence-corrected chi connectivity index (χ2v) is 8.81. The van der Waals surface area contributed by atoms with Crippen molar-refractivity contribution in [1.82, 2.24) is 9.78 Å². The number of anilines is 2. The van der Waals surface area contributed by atoms with E-state index in [1.165, 1.54) is 4.90 Å². The molecule has 32 heavy (non-hydrogen) atoms. The van der Waals surface area contributed by atoms with Gasteiger partial charge in [-0.15, -0.1) is 0 Å². The summed E-state index contributed by atoms with van der Waals surface area (Å²) in [6.07, 6.45) is 2.48. The highest BCUT2D eigenvalue weighted by Crippen LogP contribution is 2.51. The first-order chi connectivity index (χ1) is 15.2. The topological polar surface area (TPSA) is 87.9 Å². The van der Waals surface area contributed by atoms with E-state index >= 15 is 0 Å². The highest BCUT2D eigenvalue weighted by molar-refractivity contribution is 6.03. The summed E-state index contributed by atoms with van der Waals surface area (Å²) in [7, 11) is 0. The van der Waals surface area contributed by atoms with Crippen molar-refractivity contribution in [3.63, 3.8) is 0 Å². The summed E-state index contributed by atoms with van der Waals surface area (Å²) >= 11 is 0. The molecule has 2 aromatic rings. The number of benzene rings is 1. The molecule has 1 aliphatic carbocycles. The maximum Gasteiger partial charge on any atom is 0.411 e. The number of carbonyl (C=O) groups excluding carboxylic acids is 1. The largest absolute Gasteiger partial charge is 0.465 e. The van der Waals surface area contributed by atoms with E-state index in [0.29, 0.717) is 24.6 Å². The highest BCUT2D eigenvalue weighted by Gasteiger charge is 2.56. The fourth-order valence-electron chi connectivity index (χ4n) is 4.43. The molecule has 1 N–H and O–H groups in total. The number of nitrogens with zero attached hydrogens (tertiary/aromatic N) is 4. The molecule has 2 amide bonds. The van der Waals surface area contributed by atoms with Gasteiger partial charge >= 0.3 is 6.09 Å². The molecule has 3 heterocycles. The molecule has 0 bridgehead atoms. The lowest BCUT2D eigenvalue weighted by Crippen LogP contribution is -2.51. The fraction of sp³-hybridized carbons (Fsp3) is 0.500. The Hall–Kier alpha value is -3.01. The Bertz CT molecular complexity index is 1070. The van der Waals surface area contributed by atoms with E-state index in [2.05, 4.69) is 5.10 Å². The molecular weight excluding hydrogens is 422 g/mol. The number of fused-ring (bicyclic) bond motifs is 1. The minimum Gasteiger partial charge on any atom is -0.465 e. The number of hydrogen-bond donors (Lipinski definition) is 1. The van der Waals surface area contributed by atoms with Gasteiger partial charge in [0.05, 0.1) is 42.9 Å². The number of halogens is 2. The van der Waals surface area contributed by atoms with E-state index in [1.54, 1.807) is 30.2 Å². The Morgan fingerprint density at radius 1 is 1.25 bits per heavy atom. The number of carbonyl (C=O) groups is 2. The summed E-state index contributed by atoms with van der Waals surface area (Å²) in [4.78, 5) is 27.7. The molecule has 3 aliphatic rings. The van der Waals surface area contributed by atoms with Gasteiger partial charge in [-0.25, -0.2) is 13.6 Å². The number of hydrogen-bond acceptors (Lipinski definition) is 4. The van der Waals surface area contributed by atoms with E-state index in [4.69, 9.17) is 4.74 Å². The van der Waals surface area contributed by atoms with Crippen LogP contribution in [0.15, 0.2) is 30.6 Å². The molecule has 8 nitrogen and oxygen atoms in total. The number of rotatable bonds is 5. The number of aromatic nitrogens is 2. The third-order valence-electron chi connectivity index (χ3n) is 6.50. The maximum atomic E-state index is 13.2. The summed E-state index contributed by atoms with van der Waals surface area (Å²) < 4.78 is 33.5. The Morgan fingerprint density at radius 2 is 2.00 bits per heavy atom. The zero-order valence-electron chi connectivity index (χ0n) is 17.6. The van der Waals surface area contributed by atoms with E-state index in [-0.39, 0.29) is 37.8 Å². The maximum absolute atomic E-state index is 13.2. The van der Waals surface area contributed by atoms with Crippen molar-refractivity contribution in [2.24, 2.45) is 5.92 Å². The van der Waals surface area contributed by atoms with Crippen molar-refractivity contribution in [2.75, 3.05) is 29.6 Å². The van der Waals surface area contributed by atoms with Gasteiger partial charge in [0.1, 0.15) is 0 Å². The van der Waals surface area contributed by atoms with Crippen LogP contribution in [-0.4, -0.2) is 58.6 Å². The van der Waals surface area contributed by atoms with Crippen LogP contribution < -0.4 is 9.80 Å². The summed E-state index contributed by atoms with van der Waals surface area (Å²) in [5.41, 5.74) is 2.48. The molecule has 5 rings (SSSR count). The second-order valence-electron chi connectivity index (χ2n) is 8.81. The van der Waals surface area contributed by atoms with Crippen molar-refractivity contribution < 1.29 is 28.2 Å². The molecule has 2 atom stereocenters. The minimum absolute atomic E-state index is 0.00902. The predicted octanol–water partition coefficient (Wildman–Crippen LogP) is 3.78. The number of amides is 2. The molecule has 0 radical (unpaired) electrons. The van der Waals surface area contributed by atoms with Crippen LogP contribution >= 0.6 is 0 Å². The SMILES string of the molecule is C[C@H]1CN(C(=O)O)c2cc(-c3cnn(C4COC4)c3)ccc2N1C(=O)CCC1CC1(F)F. The third kappa shape index (κ3) is 3.62. The lowest BCUT2D eigenvalue weighted by molar-refractivity contribution is -0.119. The summed E-state index contributed by atoms with van der Waals surface area (Å²) in [5, 5.41) is 14.1. The summed E-state index contributed by atoms with van der Waals surface area (Å²) in [6, 6.07) is 5.08. The van der Waals surface area contributed by atoms with E-state index in [0.717, 1.165) is 11.1 Å². The van der Waals surface area contributed by atoms with Crippen molar-refractivity contribution in [3.05, 3.63) is 30.6 Å². The van der Waals surface area contributed by atoms with Crippen molar-refractivity contribution in [1.29, 1.82) is 0 Å². The van der Waals surface area contributed by atoms with Gasteiger partial charge in [0.2, 0.25) is 5.91 Å². The lowest BCUT2D eigenvalue weighted by atomic mass is 10.0. The monoisotopic (exact) mass is 446 g/mol. The molecule has 2 fully saturated rings. The summed E-state index contributed by atoms with van der Waals surface area (Å²) in [6.45, 7) is 3.09. The van der Waals surface area contributed by atoms with Crippen LogP contribution in [0.1, 0.15) is 32.2 Å². The Morgan fingerprint density at radius 3 is 2.62 bits per heavy atom. The molecular formula is C22H24F2N4O4. The lowest BCUT2D eigenvalue weighted by Gasteiger charge is -2.40. The van der Waals surface area contributed by atoms with Gasteiger partial charge in [-0.1, -0.05) is 6.07 Å². The van der Waals surface area contributed by atoms with Crippen molar-refractivity contribution in [3.8, 4) is 11.1 Å². The smallest absolute Gasteiger partial charge is 0.411 e. The van der Waals surface area contributed by atoms with E-state index < -0.39 is 24.0 Å². The molecule has 1 aromatic heterocycles. The Labute approximate surface area is 183 Å². The molecule has 1 unspecified atom stereocenters. The van der Waals surface area contributed by atoms with Gasteiger partial charge in [-0.05, 0) is 31.0 Å².